The molecule has 1 atom stereocenters. The molecule has 1 rings (SSSR count). The van der Waals surface area contributed by atoms with Crippen LogP contribution >= 0.6 is 0 Å². The van der Waals surface area contributed by atoms with Crippen molar-refractivity contribution in [1.82, 2.24) is 0 Å². The standard InChI is InChI=1S/C9H12FN3O2/c10-6-1-2-9(13(14)15)7(5-6)8(12)3-4-11/h1-2,5,8H,3-4,11-12H2/t8-/m0/s1. The largest absolute Gasteiger partial charge is 0.330 e. The van der Waals surface area contributed by atoms with E-state index in [0.717, 1.165) is 18.2 Å². The molecule has 1 aromatic rings. The number of hydrogen-bond acceptors (Lipinski definition) is 4. The Kier molecular flexibility index (Phi) is 3.70. The zero-order chi connectivity index (χ0) is 11.4. The van der Waals surface area contributed by atoms with Crippen molar-refractivity contribution >= 4 is 5.69 Å². The second kappa shape index (κ2) is 4.81. The lowest BCUT2D eigenvalue weighted by Crippen LogP contribution is -2.16. The molecule has 0 saturated heterocycles. The Morgan fingerprint density at radius 2 is 2.20 bits per heavy atom. The van der Waals surface area contributed by atoms with E-state index in [-0.39, 0.29) is 11.3 Å². The van der Waals surface area contributed by atoms with Crippen molar-refractivity contribution in [3.8, 4) is 0 Å². The highest BCUT2D eigenvalue weighted by Crippen LogP contribution is 2.25. The summed E-state index contributed by atoms with van der Waals surface area (Å²) in [4.78, 5) is 10.1. The molecule has 15 heavy (non-hydrogen) atoms. The van der Waals surface area contributed by atoms with E-state index < -0.39 is 16.8 Å². The third kappa shape index (κ3) is 2.71. The number of nitro groups is 1. The van der Waals surface area contributed by atoms with Crippen LogP contribution in [0.1, 0.15) is 18.0 Å². The fraction of sp³-hybridized carbons (Fsp3) is 0.333. The molecule has 4 N–H and O–H groups in total. The monoisotopic (exact) mass is 213 g/mol. The Bertz CT molecular complexity index is 370. The maximum absolute atomic E-state index is 12.9. The van der Waals surface area contributed by atoms with Crippen LogP contribution in [0.3, 0.4) is 0 Å². The van der Waals surface area contributed by atoms with E-state index in [1.54, 1.807) is 0 Å². The molecule has 0 unspecified atom stereocenters. The molecule has 0 spiro atoms. The Hall–Kier alpha value is -1.53. The average Bonchev–Trinajstić information content (AvgIpc) is 2.17. The molecule has 0 aliphatic carbocycles. The van der Waals surface area contributed by atoms with E-state index in [1.807, 2.05) is 0 Å². The molecule has 1 aromatic carbocycles. The maximum Gasteiger partial charge on any atom is 0.274 e. The Labute approximate surface area is 86.0 Å². The van der Waals surface area contributed by atoms with Crippen LogP contribution in [-0.4, -0.2) is 11.5 Å². The van der Waals surface area contributed by atoms with Crippen LogP contribution in [0.4, 0.5) is 10.1 Å². The summed E-state index contributed by atoms with van der Waals surface area (Å²) in [5.74, 6) is -0.539. The van der Waals surface area contributed by atoms with Crippen molar-refractivity contribution in [2.24, 2.45) is 11.5 Å². The summed E-state index contributed by atoms with van der Waals surface area (Å²) < 4.78 is 12.9. The molecule has 0 radical (unpaired) electrons. The van der Waals surface area contributed by atoms with Crippen LogP contribution in [0.15, 0.2) is 18.2 Å². The first-order valence-electron chi connectivity index (χ1n) is 4.45. The van der Waals surface area contributed by atoms with Gasteiger partial charge in [-0.1, -0.05) is 0 Å². The smallest absolute Gasteiger partial charge is 0.274 e. The summed E-state index contributed by atoms with van der Waals surface area (Å²) in [5.41, 5.74) is 11.0. The fourth-order valence-electron chi connectivity index (χ4n) is 1.32. The Morgan fingerprint density at radius 3 is 2.73 bits per heavy atom. The van der Waals surface area contributed by atoms with Crippen LogP contribution in [0.2, 0.25) is 0 Å². The van der Waals surface area contributed by atoms with Crippen LogP contribution in [0.5, 0.6) is 0 Å². The highest BCUT2D eigenvalue weighted by molar-refractivity contribution is 5.42. The first-order valence-corrected chi connectivity index (χ1v) is 4.45. The van der Waals surface area contributed by atoms with Crippen molar-refractivity contribution in [3.05, 3.63) is 39.7 Å². The lowest BCUT2D eigenvalue weighted by Gasteiger charge is -2.10. The molecule has 0 heterocycles. The number of benzene rings is 1. The zero-order valence-electron chi connectivity index (χ0n) is 8.02. The second-order valence-electron chi connectivity index (χ2n) is 3.14. The summed E-state index contributed by atoms with van der Waals surface area (Å²) in [6.07, 6.45) is 0.379. The number of rotatable bonds is 4. The molecular formula is C9H12FN3O2. The van der Waals surface area contributed by atoms with E-state index in [2.05, 4.69) is 0 Å². The van der Waals surface area contributed by atoms with E-state index in [9.17, 15) is 14.5 Å². The van der Waals surface area contributed by atoms with Gasteiger partial charge in [0.05, 0.1) is 4.92 Å². The molecule has 0 aromatic heterocycles. The predicted octanol–water partition coefficient (Wildman–Crippen LogP) is 1.08. The third-order valence-corrected chi connectivity index (χ3v) is 2.06. The summed E-state index contributed by atoms with van der Waals surface area (Å²) in [5, 5.41) is 10.6. The highest BCUT2D eigenvalue weighted by atomic mass is 19.1. The maximum atomic E-state index is 12.9. The normalized spacial score (nSPS) is 12.5. The number of nitro benzene ring substituents is 1. The van der Waals surface area contributed by atoms with Gasteiger partial charge in [0.25, 0.3) is 5.69 Å². The van der Waals surface area contributed by atoms with E-state index in [0.29, 0.717) is 13.0 Å². The minimum atomic E-state index is -0.605. The molecule has 0 bridgehead atoms. The topological polar surface area (TPSA) is 95.2 Å². The molecule has 5 nitrogen and oxygen atoms in total. The van der Waals surface area contributed by atoms with Crippen LogP contribution in [0.25, 0.3) is 0 Å². The van der Waals surface area contributed by atoms with Gasteiger partial charge in [0.2, 0.25) is 0 Å². The summed E-state index contributed by atoms with van der Waals surface area (Å²) >= 11 is 0. The van der Waals surface area contributed by atoms with E-state index in [4.69, 9.17) is 11.5 Å². The van der Waals surface area contributed by atoms with Gasteiger partial charge in [-0.2, -0.15) is 0 Å². The fourth-order valence-corrected chi connectivity index (χ4v) is 1.32. The van der Waals surface area contributed by atoms with Crippen LogP contribution < -0.4 is 11.5 Å². The molecule has 0 amide bonds. The predicted molar refractivity (Wildman–Crippen MR) is 53.7 cm³/mol. The lowest BCUT2D eigenvalue weighted by molar-refractivity contribution is -0.385. The van der Waals surface area contributed by atoms with Crippen molar-refractivity contribution in [1.29, 1.82) is 0 Å². The van der Waals surface area contributed by atoms with Crippen LogP contribution in [0, 0.1) is 15.9 Å². The van der Waals surface area contributed by atoms with Gasteiger partial charge in [0, 0.05) is 17.7 Å². The minimum Gasteiger partial charge on any atom is -0.330 e. The van der Waals surface area contributed by atoms with Gasteiger partial charge in [-0.05, 0) is 25.1 Å². The van der Waals surface area contributed by atoms with E-state index >= 15 is 0 Å². The SMILES string of the molecule is NCC[C@H](N)c1cc(F)ccc1[N+](=O)[O-]. The zero-order valence-corrected chi connectivity index (χ0v) is 8.02. The number of nitrogens with two attached hydrogens (primary N) is 2. The van der Waals surface area contributed by atoms with Crippen molar-refractivity contribution < 1.29 is 9.31 Å². The van der Waals surface area contributed by atoms with Crippen LogP contribution in [-0.2, 0) is 0 Å². The van der Waals surface area contributed by atoms with Crippen molar-refractivity contribution in [3.63, 3.8) is 0 Å². The summed E-state index contributed by atoms with van der Waals surface area (Å²) in [6.45, 7) is 0.300. The molecule has 0 aliphatic rings. The van der Waals surface area contributed by atoms with Crippen molar-refractivity contribution in [2.75, 3.05) is 6.54 Å². The highest BCUT2D eigenvalue weighted by Gasteiger charge is 2.19. The molecular weight excluding hydrogens is 201 g/mol. The van der Waals surface area contributed by atoms with Gasteiger partial charge >= 0.3 is 0 Å². The first-order chi connectivity index (χ1) is 7.06. The van der Waals surface area contributed by atoms with Gasteiger partial charge < -0.3 is 11.5 Å². The molecule has 0 aliphatic heterocycles. The minimum absolute atomic E-state index is 0.169. The van der Waals surface area contributed by atoms with Gasteiger partial charge in [0.15, 0.2) is 0 Å². The number of hydrogen-bond donors (Lipinski definition) is 2. The molecule has 0 saturated carbocycles. The third-order valence-electron chi connectivity index (χ3n) is 2.06. The Balaban J connectivity index is 3.12. The van der Waals surface area contributed by atoms with Gasteiger partial charge in [-0.15, -0.1) is 0 Å². The number of nitrogens with zero attached hydrogens (tertiary/aromatic N) is 1. The summed E-state index contributed by atoms with van der Waals surface area (Å²) in [6, 6.07) is 2.63. The molecule has 6 heteroatoms. The first kappa shape index (κ1) is 11.5. The Morgan fingerprint density at radius 1 is 1.53 bits per heavy atom. The van der Waals surface area contributed by atoms with Gasteiger partial charge in [-0.25, -0.2) is 4.39 Å². The van der Waals surface area contributed by atoms with Gasteiger partial charge in [0.1, 0.15) is 5.82 Å². The number of halogens is 1. The quantitative estimate of drug-likeness (QED) is 0.577. The summed E-state index contributed by atoms with van der Waals surface area (Å²) in [7, 11) is 0. The van der Waals surface area contributed by atoms with E-state index in [1.165, 1.54) is 0 Å². The lowest BCUT2D eigenvalue weighted by atomic mass is 10.0. The van der Waals surface area contributed by atoms with Gasteiger partial charge in [-0.3, -0.25) is 10.1 Å². The molecule has 0 fully saturated rings. The van der Waals surface area contributed by atoms with Crippen molar-refractivity contribution in [2.45, 2.75) is 12.5 Å². The molecule has 82 valence electrons. The average molecular weight is 213 g/mol. The second-order valence-corrected chi connectivity index (χ2v) is 3.14.